The maximum Gasteiger partial charge on any atom is 0.433 e. The predicted molar refractivity (Wildman–Crippen MR) is 67.8 cm³/mol. The van der Waals surface area contributed by atoms with E-state index in [1.165, 1.54) is 10.8 Å². The number of halogens is 3. The monoisotopic (exact) mass is 314 g/mol. The molecule has 0 saturated carbocycles. The predicted octanol–water partition coefficient (Wildman–Crippen LogP) is 2.51. The molecule has 0 bridgehead atoms. The van der Waals surface area contributed by atoms with Gasteiger partial charge in [-0.2, -0.15) is 27.8 Å². The molecule has 21 heavy (non-hydrogen) atoms. The fourth-order valence-electron chi connectivity index (χ4n) is 1.74. The van der Waals surface area contributed by atoms with Crippen LogP contribution in [0.4, 0.5) is 13.2 Å². The van der Waals surface area contributed by atoms with Crippen molar-refractivity contribution in [3.63, 3.8) is 0 Å². The van der Waals surface area contributed by atoms with Crippen LogP contribution in [-0.2, 0) is 12.7 Å². The van der Waals surface area contributed by atoms with E-state index in [4.69, 9.17) is 0 Å². The fourth-order valence-corrected chi connectivity index (χ4v) is 2.73. The normalized spacial score (nSPS) is 12.2. The molecule has 0 aliphatic carbocycles. The van der Waals surface area contributed by atoms with Crippen molar-refractivity contribution in [1.29, 1.82) is 0 Å². The summed E-state index contributed by atoms with van der Waals surface area (Å²) in [6.45, 7) is 2.59. The van der Waals surface area contributed by atoms with E-state index in [-0.39, 0.29) is 10.8 Å². The number of imidazole rings is 1. The van der Waals surface area contributed by atoms with E-state index in [0.717, 1.165) is 17.8 Å². The molecule has 0 saturated heterocycles. The second-order valence-corrected chi connectivity index (χ2v) is 5.03. The van der Waals surface area contributed by atoms with Gasteiger partial charge in [0.05, 0.1) is 0 Å². The van der Waals surface area contributed by atoms with Gasteiger partial charge in [-0.3, -0.25) is 0 Å². The quantitative estimate of drug-likeness (QED) is 0.695. The Balaban J connectivity index is 2.10. The van der Waals surface area contributed by atoms with Crippen LogP contribution < -0.4 is 0 Å². The summed E-state index contributed by atoms with van der Waals surface area (Å²) in [6.07, 6.45) is -0.0228. The second kappa shape index (κ2) is 5.02. The number of alkyl halides is 3. The van der Waals surface area contributed by atoms with Gasteiger partial charge in [0.15, 0.2) is 10.9 Å². The van der Waals surface area contributed by atoms with E-state index in [9.17, 15) is 13.2 Å². The highest BCUT2D eigenvalue weighted by Gasteiger charge is 2.34. The molecule has 0 atom stereocenters. The summed E-state index contributed by atoms with van der Waals surface area (Å²) in [6, 6.07) is 0.945. The summed E-state index contributed by atoms with van der Waals surface area (Å²) < 4.78 is 41.7. The summed E-state index contributed by atoms with van der Waals surface area (Å²) in [7, 11) is 0. The van der Waals surface area contributed by atoms with Crippen molar-refractivity contribution < 1.29 is 13.2 Å². The average molecular weight is 314 g/mol. The minimum Gasteiger partial charge on any atom is -0.326 e. The lowest BCUT2D eigenvalue weighted by atomic mass is 10.4. The first-order chi connectivity index (χ1) is 9.99. The summed E-state index contributed by atoms with van der Waals surface area (Å²) in [4.78, 5) is 11.3. The summed E-state index contributed by atoms with van der Waals surface area (Å²) in [5, 5.41) is 4.73. The van der Waals surface area contributed by atoms with E-state index in [0.29, 0.717) is 11.7 Å². The smallest absolute Gasteiger partial charge is 0.326 e. The summed E-state index contributed by atoms with van der Waals surface area (Å²) >= 11 is 1.08. The zero-order chi connectivity index (χ0) is 15.0. The first-order valence-electron chi connectivity index (χ1n) is 5.96. The lowest BCUT2D eigenvalue weighted by Gasteiger charge is -2.09. The van der Waals surface area contributed by atoms with Crippen LogP contribution >= 0.6 is 11.8 Å². The first kappa shape index (κ1) is 13.9. The molecule has 3 aromatic rings. The Labute approximate surface area is 121 Å². The fraction of sp³-hybridized carbons (Fsp3) is 0.273. The highest BCUT2D eigenvalue weighted by molar-refractivity contribution is 7.99. The topological polar surface area (TPSA) is 60.9 Å². The molecule has 0 aliphatic rings. The van der Waals surface area contributed by atoms with Gasteiger partial charge in [-0.1, -0.05) is 0 Å². The number of aryl methyl sites for hydroxylation is 1. The molecular weight excluding hydrogens is 305 g/mol. The molecule has 0 aliphatic heterocycles. The molecule has 0 amide bonds. The largest absolute Gasteiger partial charge is 0.433 e. The lowest BCUT2D eigenvalue weighted by molar-refractivity contribution is -0.141. The molecule has 0 aromatic carbocycles. The van der Waals surface area contributed by atoms with Crippen LogP contribution in [0.2, 0.25) is 0 Å². The number of nitrogens with zero attached hydrogens (tertiary/aromatic N) is 6. The van der Waals surface area contributed by atoms with Gasteiger partial charge in [0, 0.05) is 25.0 Å². The number of rotatable bonds is 3. The van der Waals surface area contributed by atoms with Gasteiger partial charge in [0.2, 0.25) is 0 Å². The Morgan fingerprint density at radius 1 is 1.29 bits per heavy atom. The van der Waals surface area contributed by atoms with Gasteiger partial charge in [-0.25, -0.2) is 9.97 Å². The SMILES string of the molecule is CCn1ccnc1Sc1cc(C(F)(F)F)nc2ncnn12. The zero-order valence-corrected chi connectivity index (χ0v) is 11.6. The summed E-state index contributed by atoms with van der Waals surface area (Å²) in [5.41, 5.74) is -1.000. The van der Waals surface area contributed by atoms with Crippen LogP contribution in [0.1, 0.15) is 12.6 Å². The standard InChI is InChI=1S/C11H9F3N6S/c1-2-19-4-3-15-10(19)21-8-5-7(11(12,13)14)18-9-16-6-17-20(8)9/h3-6H,2H2,1H3. The van der Waals surface area contributed by atoms with E-state index < -0.39 is 11.9 Å². The first-order valence-corrected chi connectivity index (χ1v) is 6.77. The third-order valence-corrected chi connectivity index (χ3v) is 3.75. The number of fused-ring (bicyclic) bond motifs is 1. The van der Waals surface area contributed by atoms with Crippen molar-refractivity contribution >= 4 is 17.5 Å². The van der Waals surface area contributed by atoms with Crippen LogP contribution in [0.15, 0.2) is 35.0 Å². The van der Waals surface area contributed by atoms with Gasteiger partial charge < -0.3 is 4.57 Å². The lowest BCUT2D eigenvalue weighted by Crippen LogP contribution is -2.11. The van der Waals surface area contributed by atoms with Crippen molar-refractivity contribution in [3.8, 4) is 0 Å². The van der Waals surface area contributed by atoms with Crippen LogP contribution in [-0.4, -0.2) is 29.1 Å². The van der Waals surface area contributed by atoms with Crippen LogP contribution in [0.25, 0.3) is 5.78 Å². The van der Waals surface area contributed by atoms with E-state index >= 15 is 0 Å². The highest BCUT2D eigenvalue weighted by atomic mass is 32.2. The molecule has 110 valence electrons. The van der Waals surface area contributed by atoms with E-state index in [1.54, 1.807) is 12.4 Å². The molecule has 0 N–H and O–H groups in total. The Kier molecular flexibility index (Phi) is 3.32. The van der Waals surface area contributed by atoms with Crippen molar-refractivity contribution in [1.82, 2.24) is 29.1 Å². The van der Waals surface area contributed by atoms with Crippen molar-refractivity contribution in [2.75, 3.05) is 0 Å². The minimum absolute atomic E-state index is 0.0954. The molecule has 3 aromatic heterocycles. The Bertz CT molecular complexity index is 778. The Morgan fingerprint density at radius 2 is 2.10 bits per heavy atom. The maximum absolute atomic E-state index is 12.9. The van der Waals surface area contributed by atoms with E-state index in [1.807, 2.05) is 11.5 Å². The maximum atomic E-state index is 12.9. The second-order valence-electron chi connectivity index (χ2n) is 4.05. The van der Waals surface area contributed by atoms with Crippen molar-refractivity contribution in [3.05, 3.63) is 30.5 Å². The Morgan fingerprint density at radius 3 is 2.81 bits per heavy atom. The van der Waals surface area contributed by atoms with Gasteiger partial charge in [-0.15, -0.1) is 0 Å². The molecule has 0 radical (unpaired) electrons. The molecule has 6 nitrogen and oxygen atoms in total. The average Bonchev–Trinajstić information content (AvgIpc) is 3.05. The van der Waals surface area contributed by atoms with Gasteiger partial charge in [0.1, 0.15) is 11.4 Å². The summed E-state index contributed by atoms with van der Waals surface area (Å²) in [5.74, 6) is -0.0954. The highest BCUT2D eigenvalue weighted by Crippen LogP contribution is 2.32. The molecule has 3 heterocycles. The van der Waals surface area contributed by atoms with Gasteiger partial charge in [-0.05, 0) is 18.7 Å². The van der Waals surface area contributed by atoms with Gasteiger partial charge in [0.25, 0.3) is 5.78 Å². The van der Waals surface area contributed by atoms with E-state index in [2.05, 4.69) is 20.1 Å². The Hall–Kier alpha value is -2.10. The molecule has 0 spiro atoms. The van der Waals surface area contributed by atoms with Crippen molar-refractivity contribution in [2.24, 2.45) is 0 Å². The molecular formula is C11H9F3N6S. The third-order valence-electron chi connectivity index (χ3n) is 2.72. The van der Waals surface area contributed by atoms with Crippen LogP contribution in [0.3, 0.4) is 0 Å². The van der Waals surface area contributed by atoms with Crippen LogP contribution in [0.5, 0.6) is 0 Å². The third kappa shape index (κ3) is 2.58. The minimum atomic E-state index is -4.54. The van der Waals surface area contributed by atoms with Crippen LogP contribution in [0, 0.1) is 0 Å². The molecule has 10 heteroatoms. The molecule has 0 unspecified atom stereocenters. The van der Waals surface area contributed by atoms with Crippen molar-refractivity contribution in [2.45, 2.75) is 29.8 Å². The number of hydrogen-bond acceptors (Lipinski definition) is 5. The number of aromatic nitrogens is 6. The molecule has 0 fully saturated rings. The number of hydrogen-bond donors (Lipinski definition) is 0. The van der Waals surface area contributed by atoms with Gasteiger partial charge >= 0.3 is 6.18 Å². The zero-order valence-electron chi connectivity index (χ0n) is 10.7. The molecule has 3 rings (SSSR count).